The standard InChI is InChI=1S/C21H13BrN4/c22-20-23-19(14-8-2-1-3-9-14)24-21(25-20)26-17-12-6-4-10-15(17)16-11-5-7-13-18(16)26/h1-13H. The van der Waals surface area contributed by atoms with E-state index in [1.807, 2.05) is 42.5 Å². The molecule has 0 aliphatic rings. The van der Waals surface area contributed by atoms with Crippen LogP contribution >= 0.6 is 15.9 Å². The summed E-state index contributed by atoms with van der Waals surface area (Å²) in [6.45, 7) is 0. The SMILES string of the molecule is Brc1nc(-c2ccccc2)nc(-n2c3ccccc3c3ccccc32)n1. The monoisotopic (exact) mass is 400 g/mol. The average molecular weight is 401 g/mol. The molecule has 5 rings (SSSR count). The van der Waals surface area contributed by atoms with E-state index < -0.39 is 0 Å². The lowest BCUT2D eigenvalue weighted by molar-refractivity contribution is 0.925. The third-order valence-corrected chi connectivity index (χ3v) is 4.76. The van der Waals surface area contributed by atoms with Gasteiger partial charge >= 0.3 is 0 Å². The maximum atomic E-state index is 4.76. The van der Waals surface area contributed by atoms with Crippen LogP contribution in [0.25, 0.3) is 39.1 Å². The van der Waals surface area contributed by atoms with Gasteiger partial charge in [0, 0.05) is 16.3 Å². The summed E-state index contributed by atoms with van der Waals surface area (Å²) in [4.78, 5) is 13.8. The highest BCUT2D eigenvalue weighted by Crippen LogP contribution is 2.31. The Bertz CT molecular complexity index is 1190. The maximum Gasteiger partial charge on any atom is 0.239 e. The number of rotatable bonds is 2. The molecule has 5 aromatic rings. The Hall–Kier alpha value is -3.05. The first-order valence-electron chi connectivity index (χ1n) is 8.27. The lowest BCUT2D eigenvalue weighted by Crippen LogP contribution is -2.04. The van der Waals surface area contributed by atoms with Crippen LogP contribution in [-0.2, 0) is 0 Å². The van der Waals surface area contributed by atoms with E-state index in [2.05, 4.69) is 66.9 Å². The highest BCUT2D eigenvalue weighted by Gasteiger charge is 2.15. The van der Waals surface area contributed by atoms with Crippen molar-refractivity contribution in [1.82, 2.24) is 19.5 Å². The molecule has 0 bridgehead atoms. The summed E-state index contributed by atoms with van der Waals surface area (Å²) in [5, 5.41) is 2.36. The maximum absolute atomic E-state index is 4.76. The fourth-order valence-electron chi connectivity index (χ4n) is 3.29. The van der Waals surface area contributed by atoms with Crippen LogP contribution in [0.5, 0.6) is 0 Å². The molecule has 0 N–H and O–H groups in total. The largest absolute Gasteiger partial charge is 0.278 e. The first-order chi connectivity index (χ1) is 12.8. The summed E-state index contributed by atoms with van der Waals surface area (Å²) < 4.78 is 2.60. The second-order valence-electron chi connectivity index (χ2n) is 5.96. The third kappa shape index (κ3) is 2.40. The Labute approximate surface area is 158 Å². The molecule has 2 heterocycles. The van der Waals surface area contributed by atoms with Gasteiger partial charge in [0.15, 0.2) is 5.82 Å². The van der Waals surface area contributed by atoms with Gasteiger partial charge in [-0.25, -0.2) is 4.98 Å². The molecule has 3 aromatic carbocycles. The van der Waals surface area contributed by atoms with Gasteiger partial charge in [-0.2, -0.15) is 9.97 Å². The molecule has 0 radical (unpaired) electrons. The van der Waals surface area contributed by atoms with Crippen LogP contribution in [0.1, 0.15) is 0 Å². The molecular weight excluding hydrogens is 388 g/mol. The Morgan fingerprint density at radius 2 is 1.19 bits per heavy atom. The Morgan fingerprint density at radius 1 is 0.615 bits per heavy atom. The molecule has 0 amide bonds. The van der Waals surface area contributed by atoms with Crippen molar-refractivity contribution in [2.24, 2.45) is 0 Å². The molecule has 0 atom stereocenters. The summed E-state index contributed by atoms with van der Waals surface area (Å²) in [7, 11) is 0. The van der Waals surface area contributed by atoms with Crippen LogP contribution < -0.4 is 0 Å². The van der Waals surface area contributed by atoms with E-state index in [9.17, 15) is 0 Å². The Balaban J connectivity index is 1.84. The molecule has 5 heteroatoms. The topological polar surface area (TPSA) is 43.6 Å². The molecule has 0 aliphatic heterocycles. The van der Waals surface area contributed by atoms with Gasteiger partial charge in [0.2, 0.25) is 10.7 Å². The predicted octanol–water partition coefficient (Wildman–Crippen LogP) is 5.40. The van der Waals surface area contributed by atoms with Crippen LogP contribution in [0.3, 0.4) is 0 Å². The summed E-state index contributed by atoms with van der Waals surface area (Å²) in [6.07, 6.45) is 0. The molecule has 0 aliphatic carbocycles. The van der Waals surface area contributed by atoms with Crippen molar-refractivity contribution in [2.75, 3.05) is 0 Å². The van der Waals surface area contributed by atoms with E-state index in [1.165, 1.54) is 10.8 Å². The van der Waals surface area contributed by atoms with Gasteiger partial charge in [-0.05, 0) is 28.1 Å². The van der Waals surface area contributed by atoms with E-state index >= 15 is 0 Å². The van der Waals surface area contributed by atoms with Gasteiger partial charge in [0.1, 0.15) is 0 Å². The van der Waals surface area contributed by atoms with E-state index in [0.717, 1.165) is 16.6 Å². The van der Waals surface area contributed by atoms with Crippen molar-refractivity contribution in [3.63, 3.8) is 0 Å². The number of benzene rings is 3. The quantitative estimate of drug-likeness (QED) is 0.398. The normalized spacial score (nSPS) is 11.3. The summed E-state index contributed by atoms with van der Waals surface area (Å²) in [5.41, 5.74) is 3.11. The Morgan fingerprint density at radius 3 is 1.85 bits per heavy atom. The number of hydrogen-bond donors (Lipinski definition) is 0. The molecule has 4 nitrogen and oxygen atoms in total. The van der Waals surface area contributed by atoms with Crippen molar-refractivity contribution < 1.29 is 0 Å². The second-order valence-corrected chi connectivity index (χ2v) is 6.67. The molecule has 0 fully saturated rings. The molecule has 0 unspecified atom stereocenters. The van der Waals surface area contributed by atoms with Crippen LogP contribution in [0.4, 0.5) is 0 Å². The smallest absolute Gasteiger partial charge is 0.239 e. The lowest BCUT2D eigenvalue weighted by Gasteiger charge is -2.08. The highest BCUT2D eigenvalue weighted by atomic mass is 79.9. The minimum atomic E-state index is 0.517. The summed E-state index contributed by atoms with van der Waals surface area (Å²) in [5.74, 6) is 1.24. The van der Waals surface area contributed by atoms with Gasteiger partial charge in [-0.1, -0.05) is 66.7 Å². The van der Waals surface area contributed by atoms with Crippen LogP contribution in [-0.4, -0.2) is 19.5 Å². The van der Waals surface area contributed by atoms with Crippen molar-refractivity contribution in [2.45, 2.75) is 0 Å². The highest BCUT2D eigenvalue weighted by molar-refractivity contribution is 9.10. The van der Waals surface area contributed by atoms with Gasteiger partial charge in [0.05, 0.1) is 11.0 Å². The van der Waals surface area contributed by atoms with Crippen LogP contribution in [0.2, 0.25) is 0 Å². The zero-order valence-corrected chi connectivity index (χ0v) is 15.3. The average Bonchev–Trinajstić information content (AvgIpc) is 3.03. The van der Waals surface area contributed by atoms with E-state index in [4.69, 9.17) is 4.98 Å². The van der Waals surface area contributed by atoms with E-state index in [-0.39, 0.29) is 0 Å². The number of hydrogen-bond acceptors (Lipinski definition) is 3. The van der Waals surface area contributed by atoms with Crippen molar-refractivity contribution in [1.29, 1.82) is 0 Å². The lowest BCUT2D eigenvalue weighted by atomic mass is 10.2. The summed E-state index contributed by atoms with van der Waals surface area (Å²) in [6, 6.07) is 26.5. The number of fused-ring (bicyclic) bond motifs is 3. The minimum Gasteiger partial charge on any atom is -0.278 e. The second kappa shape index (κ2) is 6.04. The fraction of sp³-hybridized carbons (Fsp3) is 0. The van der Waals surface area contributed by atoms with E-state index in [1.54, 1.807) is 0 Å². The van der Waals surface area contributed by atoms with E-state index in [0.29, 0.717) is 16.5 Å². The number of aromatic nitrogens is 4. The number of nitrogens with zero attached hydrogens (tertiary/aromatic N) is 4. The number of para-hydroxylation sites is 2. The van der Waals surface area contributed by atoms with Gasteiger partial charge in [-0.3, -0.25) is 4.57 Å². The predicted molar refractivity (Wildman–Crippen MR) is 107 cm³/mol. The first kappa shape index (κ1) is 15.2. The Kier molecular flexibility index (Phi) is 3.53. The van der Waals surface area contributed by atoms with Crippen LogP contribution in [0.15, 0.2) is 83.6 Å². The van der Waals surface area contributed by atoms with Crippen molar-refractivity contribution in [3.05, 3.63) is 83.6 Å². The summed E-state index contributed by atoms with van der Waals surface area (Å²) >= 11 is 3.45. The molecule has 124 valence electrons. The molecule has 0 saturated carbocycles. The third-order valence-electron chi connectivity index (χ3n) is 4.41. The van der Waals surface area contributed by atoms with Gasteiger partial charge in [-0.15, -0.1) is 0 Å². The fourth-order valence-corrected chi connectivity index (χ4v) is 3.62. The van der Waals surface area contributed by atoms with Crippen molar-refractivity contribution in [3.8, 4) is 17.3 Å². The van der Waals surface area contributed by atoms with Gasteiger partial charge < -0.3 is 0 Å². The van der Waals surface area contributed by atoms with Crippen molar-refractivity contribution >= 4 is 37.7 Å². The zero-order valence-electron chi connectivity index (χ0n) is 13.7. The first-order valence-corrected chi connectivity index (χ1v) is 9.06. The van der Waals surface area contributed by atoms with Crippen LogP contribution in [0, 0.1) is 0 Å². The molecular formula is C21H13BrN4. The molecule has 0 spiro atoms. The molecule has 2 aromatic heterocycles. The number of halogens is 1. The molecule has 26 heavy (non-hydrogen) atoms. The molecule has 0 saturated heterocycles. The minimum absolute atomic E-state index is 0.517. The van der Waals surface area contributed by atoms with Gasteiger partial charge in [0.25, 0.3) is 0 Å². The zero-order chi connectivity index (χ0) is 17.5.